The molecule has 18 heavy (non-hydrogen) atoms. The van der Waals surface area contributed by atoms with Crippen LogP contribution in [0, 0.1) is 0 Å². The van der Waals surface area contributed by atoms with Gasteiger partial charge in [0, 0.05) is 18.5 Å². The molecule has 1 aromatic rings. The maximum atomic E-state index is 12.3. The molecule has 1 rings (SSSR count). The van der Waals surface area contributed by atoms with Crippen molar-refractivity contribution >= 4 is 17.8 Å². The van der Waals surface area contributed by atoms with Gasteiger partial charge in [-0.05, 0) is 26.2 Å². The van der Waals surface area contributed by atoms with Crippen LogP contribution in [0.15, 0.2) is 11.1 Å². The zero-order chi connectivity index (χ0) is 13.9. The quantitative estimate of drug-likeness (QED) is 0.791. The summed E-state index contributed by atoms with van der Waals surface area (Å²) in [6.45, 7) is 11.7. The number of carbonyl (C=O) groups excluding carboxylic acids is 1. The predicted octanol–water partition coefficient (Wildman–Crippen LogP) is 3.21. The Morgan fingerprint density at radius 3 is 2.33 bits per heavy atom. The summed E-state index contributed by atoms with van der Waals surface area (Å²) in [6, 6.07) is 1.96. The molecule has 0 radical (unpaired) electrons. The summed E-state index contributed by atoms with van der Waals surface area (Å²) in [6.07, 6.45) is 1.97. The van der Waals surface area contributed by atoms with E-state index < -0.39 is 0 Å². The zero-order valence-electron chi connectivity index (χ0n) is 12.1. The molecule has 0 fully saturated rings. The van der Waals surface area contributed by atoms with Gasteiger partial charge in [0.2, 0.25) is 0 Å². The van der Waals surface area contributed by atoms with Crippen LogP contribution < -0.4 is 0 Å². The van der Waals surface area contributed by atoms with E-state index in [1.165, 1.54) is 4.68 Å². The molecule has 0 aliphatic heterocycles. The molecule has 0 spiro atoms. The van der Waals surface area contributed by atoms with Crippen LogP contribution in [0.4, 0.5) is 4.79 Å². The zero-order valence-corrected chi connectivity index (χ0v) is 13.0. The highest BCUT2D eigenvalue weighted by Crippen LogP contribution is 2.25. The van der Waals surface area contributed by atoms with Gasteiger partial charge in [-0.1, -0.05) is 20.8 Å². The largest absolute Gasteiger partial charge is 0.345 e. The van der Waals surface area contributed by atoms with Gasteiger partial charge in [0.05, 0.1) is 5.69 Å². The van der Waals surface area contributed by atoms with Crippen LogP contribution in [0.5, 0.6) is 0 Å². The minimum absolute atomic E-state index is 0.0418. The Hall–Kier alpha value is -0.970. The van der Waals surface area contributed by atoms with Crippen molar-refractivity contribution in [2.45, 2.75) is 45.1 Å². The minimum atomic E-state index is -0.0424. The van der Waals surface area contributed by atoms with Gasteiger partial charge < -0.3 is 4.90 Å². The van der Waals surface area contributed by atoms with Crippen molar-refractivity contribution in [3.05, 3.63) is 11.8 Å². The molecular formula is C13H23N3OS. The topological polar surface area (TPSA) is 38.1 Å². The lowest BCUT2D eigenvalue weighted by molar-refractivity contribution is 0.199. The molecule has 1 aromatic heterocycles. The summed E-state index contributed by atoms with van der Waals surface area (Å²) in [5, 5.41) is 5.37. The van der Waals surface area contributed by atoms with Crippen molar-refractivity contribution in [2.75, 3.05) is 19.3 Å². The average Bonchev–Trinajstić information content (AvgIpc) is 2.73. The van der Waals surface area contributed by atoms with Crippen molar-refractivity contribution in [3.63, 3.8) is 0 Å². The Kier molecular flexibility index (Phi) is 4.85. The van der Waals surface area contributed by atoms with Crippen molar-refractivity contribution in [1.82, 2.24) is 14.7 Å². The predicted molar refractivity (Wildman–Crippen MR) is 76.4 cm³/mol. The molecule has 1 heterocycles. The number of rotatable bonds is 3. The van der Waals surface area contributed by atoms with E-state index in [0.29, 0.717) is 13.1 Å². The fraction of sp³-hybridized carbons (Fsp3) is 0.692. The Morgan fingerprint density at radius 1 is 1.39 bits per heavy atom. The van der Waals surface area contributed by atoms with Crippen LogP contribution in [-0.2, 0) is 5.41 Å². The number of hydrogen-bond donors (Lipinski definition) is 0. The first-order valence-corrected chi connectivity index (χ1v) is 7.51. The van der Waals surface area contributed by atoms with Gasteiger partial charge in [-0.15, -0.1) is 11.8 Å². The third kappa shape index (κ3) is 3.07. The first-order valence-electron chi connectivity index (χ1n) is 6.28. The maximum Gasteiger partial charge on any atom is 0.345 e. The molecule has 0 saturated carbocycles. The van der Waals surface area contributed by atoms with Gasteiger partial charge in [0.15, 0.2) is 0 Å². The molecule has 0 bridgehead atoms. The van der Waals surface area contributed by atoms with E-state index in [9.17, 15) is 4.79 Å². The number of nitrogens with zero attached hydrogens (tertiary/aromatic N) is 3. The fourth-order valence-corrected chi connectivity index (χ4v) is 2.16. The smallest absolute Gasteiger partial charge is 0.323 e. The summed E-state index contributed by atoms with van der Waals surface area (Å²) in [5.74, 6) is 0. The van der Waals surface area contributed by atoms with E-state index >= 15 is 0 Å². The highest BCUT2D eigenvalue weighted by molar-refractivity contribution is 7.98. The van der Waals surface area contributed by atoms with Crippen LogP contribution in [0.2, 0.25) is 0 Å². The SMILES string of the molecule is CCN(CC)C(=O)n1nc(C(C)(C)C)cc1SC. The van der Waals surface area contributed by atoms with Crippen LogP contribution in [-0.4, -0.2) is 40.1 Å². The second kappa shape index (κ2) is 5.78. The van der Waals surface area contributed by atoms with E-state index in [2.05, 4.69) is 25.9 Å². The molecule has 0 aromatic carbocycles. The van der Waals surface area contributed by atoms with Crippen molar-refractivity contribution < 1.29 is 4.79 Å². The Bertz CT molecular complexity index is 416. The molecule has 0 saturated heterocycles. The van der Waals surface area contributed by atoms with Gasteiger partial charge in [-0.25, -0.2) is 4.79 Å². The van der Waals surface area contributed by atoms with Crippen LogP contribution >= 0.6 is 11.8 Å². The van der Waals surface area contributed by atoms with Gasteiger partial charge in [-0.2, -0.15) is 9.78 Å². The number of thioether (sulfide) groups is 1. The van der Waals surface area contributed by atoms with Gasteiger partial charge in [-0.3, -0.25) is 0 Å². The fourth-order valence-electron chi connectivity index (χ4n) is 1.64. The van der Waals surface area contributed by atoms with E-state index in [4.69, 9.17) is 0 Å². The molecule has 0 aliphatic rings. The minimum Gasteiger partial charge on any atom is -0.323 e. The van der Waals surface area contributed by atoms with Crippen molar-refractivity contribution in [2.24, 2.45) is 0 Å². The molecule has 5 heteroatoms. The Balaban J connectivity index is 3.16. The molecule has 4 nitrogen and oxygen atoms in total. The van der Waals surface area contributed by atoms with Crippen molar-refractivity contribution in [1.29, 1.82) is 0 Å². The molecule has 0 atom stereocenters. The lowest BCUT2D eigenvalue weighted by Gasteiger charge is -2.19. The van der Waals surface area contributed by atoms with Crippen molar-refractivity contribution in [3.8, 4) is 0 Å². The van der Waals surface area contributed by atoms with Crippen LogP contribution in [0.25, 0.3) is 0 Å². The number of aromatic nitrogens is 2. The third-order valence-electron chi connectivity index (χ3n) is 2.87. The average molecular weight is 269 g/mol. The number of hydrogen-bond acceptors (Lipinski definition) is 3. The molecule has 1 amide bonds. The van der Waals surface area contributed by atoms with E-state index in [1.54, 1.807) is 16.7 Å². The molecule has 0 aliphatic carbocycles. The van der Waals surface area contributed by atoms with Gasteiger partial charge in [0.25, 0.3) is 0 Å². The standard InChI is InChI=1S/C13H23N3OS/c1-7-15(8-2)12(17)16-11(18-6)9-10(14-16)13(3,4)5/h9H,7-8H2,1-6H3. The lowest BCUT2D eigenvalue weighted by atomic mass is 9.93. The van der Waals surface area contributed by atoms with E-state index in [0.717, 1.165) is 10.7 Å². The summed E-state index contributed by atoms with van der Waals surface area (Å²) < 4.78 is 1.53. The number of amides is 1. The summed E-state index contributed by atoms with van der Waals surface area (Å²) in [5.41, 5.74) is 0.909. The highest BCUT2D eigenvalue weighted by atomic mass is 32.2. The number of carbonyl (C=O) groups is 1. The molecular weight excluding hydrogens is 246 g/mol. The second-order valence-corrected chi connectivity index (χ2v) is 6.02. The lowest BCUT2D eigenvalue weighted by Crippen LogP contribution is -2.35. The monoisotopic (exact) mass is 269 g/mol. The van der Waals surface area contributed by atoms with Gasteiger partial charge >= 0.3 is 6.03 Å². The molecule has 102 valence electrons. The Labute approximate surface area is 114 Å². The summed E-state index contributed by atoms with van der Waals surface area (Å²) in [7, 11) is 0. The second-order valence-electron chi connectivity index (χ2n) is 5.19. The van der Waals surface area contributed by atoms with Crippen LogP contribution in [0.3, 0.4) is 0 Å². The first kappa shape index (κ1) is 15.1. The highest BCUT2D eigenvalue weighted by Gasteiger charge is 2.23. The third-order valence-corrected chi connectivity index (χ3v) is 3.58. The van der Waals surface area contributed by atoms with Crippen LogP contribution in [0.1, 0.15) is 40.3 Å². The summed E-state index contributed by atoms with van der Waals surface area (Å²) >= 11 is 1.55. The molecule has 0 unspecified atom stereocenters. The first-order chi connectivity index (χ1) is 8.35. The van der Waals surface area contributed by atoms with E-state index in [1.807, 2.05) is 26.2 Å². The normalized spacial score (nSPS) is 11.7. The summed E-state index contributed by atoms with van der Waals surface area (Å²) in [4.78, 5) is 14.1. The van der Waals surface area contributed by atoms with Gasteiger partial charge in [0.1, 0.15) is 5.03 Å². The maximum absolute atomic E-state index is 12.3. The van der Waals surface area contributed by atoms with E-state index in [-0.39, 0.29) is 11.4 Å². The Morgan fingerprint density at radius 2 is 1.94 bits per heavy atom. The molecule has 0 N–H and O–H groups in total.